The molecule has 1 heterocycles. The van der Waals surface area contributed by atoms with Crippen LogP contribution in [0.4, 0.5) is 4.79 Å². The molecule has 0 radical (unpaired) electrons. The van der Waals surface area contributed by atoms with Crippen LogP contribution in [0.25, 0.3) is 0 Å². The normalized spacial score (nSPS) is 20.7. The molecule has 0 bridgehead atoms. The molecule has 1 aromatic rings. The first-order chi connectivity index (χ1) is 13.8. The Morgan fingerprint density at radius 2 is 1.83 bits per heavy atom. The molecule has 1 aliphatic carbocycles. The van der Waals surface area contributed by atoms with Crippen LogP contribution < -0.4 is 0 Å². The molecule has 1 atom stereocenters. The van der Waals surface area contributed by atoms with Crippen LogP contribution in [0, 0.1) is 16.7 Å². The number of rotatable bonds is 1. The molecule has 3 rings (SSSR count). The number of amides is 1. The molecule has 0 aromatic heterocycles. The smallest absolute Gasteiger partial charge is 0.410 e. The van der Waals surface area contributed by atoms with E-state index < -0.39 is 21.3 Å². The molecule has 2 aliphatic rings. The molecule has 30 heavy (non-hydrogen) atoms. The molecule has 1 aromatic carbocycles. The van der Waals surface area contributed by atoms with Crippen molar-refractivity contribution in [2.24, 2.45) is 9.81 Å². The first-order valence-corrected chi connectivity index (χ1v) is 11.5. The molecule has 0 unspecified atom stereocenters. The third kappa shape index (κ3) is 4.59. The van der Waals surface area contributed by atoms with Crippen molar-refractivity contribution in [3.8, 4) is 6.07 Å². The van der Waals surface area contributed by atoms with E-state index in [1.54, 1.807) is 4.90 Å². The summed E-state index contributed by atoms with van der Waals surface area (Å²) < 4.78 is 22.7. The van der Waals surface area contributed by atoms with E-state index in [-0.39, 0.29) is 11.5 Å². The fourth-order valence-corrected chi connectivity index (χ4v) is 4.71. The molecule has 1 fully saturated rings. The van der Waals surface area contributed by atoms with E-state index in [0.717, 1.165) is 36.1 Å². The van der Waals surface area contributed by atoms with Gasteiger partial charge in [0.2, 0.25) is 0 Å². The number of likely N-dealkylation sites (tertiary alicyclic amines) is 1. The Hall–Kier alpha value is -2.20. The largest absolute Gasteiger partial charge is 0.444 e. The second-order valence-electron chi connectivity index (χ2n) is 10.2. The summed E-state index contributed by atoms with van der Waals surface area (Å²) in [6.45, 7) is 12.5. The SMILES string of the molecule is CC(C)(C)OC(=O)N1CCC2(CC1)Cc1ccc(C#N)cc1C2=N[S@](=O)C(C)(C)C. The number of nitriles is 1. The van der Waals surface area contributed by atoms with E-state index in [1.165, 1.54) is 0 Å². The second-order valence-corrected chi connectivity index (χ2v) is 12.1. The summed E-state index contributed by atoms with van der Waals surface area (Å²) in [6.07, 6.45) is 1.94. The summed E-state index contributed by atoms with van der Waals surface area (Å²) in [5.41, 5.74) is 2.66. The summed E-state index contributed by atoms with van der Waals surface area (Å²) in [4.78, 5) is 14.2. The maximum atomic E-state index is 12.9. The molecule has 7 heteroatoms. The van der Waals surface area contributed by atoms with Gasteiger partial charge in [-0.3, -0.25) is 0 Å². The summed E-state index contributed by atoms with van der Waals surface area (Å²) in [6, 6.07) is 7.87. The van der Waals surface area contributed by atoms with E-state index >= 15 is 0 Å². The van der Waals surface area contributed by atoms with Crippen molar-refractivity contribution in [2.75, 3.05) is 13.1 Å². The summed E-state index contributed by atoms with van der Waals surface area (Å²) in [7, 11) is -1.40. The van der Waals surface area contributed by atoms with Gasteiger partial charge in [0, 0.05) is 24.1 Å². The van der Waals surface area contributed by atoms with Crippen LogP contribution in [-0.2, 0) is 22.1 Å². The lowest BCUT2D eigenvalue weighted by atomic mass is 9.74. The zero-order chi connectivity index (χ0) is 22.3. The molecule has 1 saturated heterocycles. The predicted molar refractivity (Wildman–Crippen MR) is 119 cm³/mol. The molecule has 162 valence electrons. The third-order valence-electron chi connectivity index (χ3n) is 5.60. The van der Waals surface area contributed by atoms with Gasteiger partial charge < -0.3 is 9.64 Å². The number of piperidine rings is 1. The van der Waals surface area contributed by atoms with Gasteiger partial charge in [-0.15, -0.1) is 0 Å². The van der Waals surface area contributed by atoms with Gasteiger partial charge in [0.1, 0.15) is 16.6 Å². The van der Waals surface area contributed by atoms with Gasteiger partial charge in [0.05, 0.1) is 22.1 Å². The van der Waals surface area contributed by atoms with Crippen LogP contribution >= 0.6 is 0 Å². The van der Waals surface area contributed by atoms with Crippen molar-refractivity contribution in [2.45, 2.75) is 71.2 Å². The maximum absolute atomic E-state index is 12.9. The number of nitrogens with zero attached hydrogens (tertiary/aromatic N) is 3. The quantitative estimate of drug-likeness (QED) is 0.663. The Labute approximate surface area is 181 Å². The van der Waals surface area contributed by atoms with Gasteiger partial charge in [0.25, 0.3) is 0 Å². The number of hydrogen-bond donors (Lipinski definition) is 0. The number of carbonyl (C=O) groups excluding carboxylic acids is 1. The highest BCUT2D eigenvalue weighted by molar-refractivity contribution is 7.85. The van der Waals surface area contributed by atoms with Crippen LogP contribution in [0.1, 0.15) is 71.1 Å². The van der Waals surface area contributed by atoms with Crippen molar-refractivity contribution in [3.05, 3.63) is 34.9 Å². The van der Waals surface area contributed by atoms with Gasteiger partial charge in [-0.05, 0) is 78.5 Å². The van der Waals surface area contributed by atoms with Crippen LogP contribution in [0.2, 0.25) is 0 Å². The fraction of sp³-hybridized carbons (Fsp3) is 0.609. The highest BCUT2D eigenvalue weighted by Crippen LogP contribution is 2.46. The lowest BCUT2D eigenvalue weighted by Gasteiger charge is -2.40. The molecule has 6 nitrogen and oxygen atoms in total. The van der Waals surface area contributed by atoms with E-state index in [1.807, 2.05) is 59.7 Å². The minimum absolute atomic E-state index is 0.268. The van der Waals surface area contributed by atoms with Crippen LogP contribution in [0.15, 0.2) is 22.6 Å². The monoisotopic (exact) mass is 429 g/mol. The zero-order valence-corrected chi connectivity index (χ0v) is 19.6. The van der Waals surface area contributed by atoms with Crippen molar-refractivity contribution in [3.63, 3.8) is 0 Å². The molecule has 0 N–H and O–H groups in total. The van der Waals surface area contributed by atoms with Crippen molar-refractivity contribution in [1.29, 1.82) is 5.26 Å². The summed E-state index contributed by atoms with van der Waals surface area (Å²) in [5, 5.41) is 9.35. The molecule has 1 aliphatic heterocycles. The van der Waals surface area contributed by atoms with E-state index in [0.29, 0.717) is 18.7 Å². The molecular formula is C23H31N3O3S. The van der Waals surface area contributed by atoms with Gasteiger partial charge in [-0.1, -0.05) is 6.07 Å². The molecular weight excluding hydrogens is 398 g/mol. The zero-order valence-electron chi connectivity index (χ0n) is 18.7. The van der Waals surface area contributed by atoms with Gasteiger partial charge >= 0.3 is 6.09 Å². The first kappa shape index (κ1) is 22.5. The van der Waals surface area contributed by atoms with Gasteiger partial charge in [-0.2, -0.15) is 9.66 Å². The lowest BCUT2D eigenvalue weighted by Crippen LogP contribution is -2.47. The average Bonchev–Trinajstić information content (AvgIpc) is 2.92. The molecule has 1 spiro atoms. The first-order valence-electron chi connectivity index (χ1n) is 10.4. The summed E-state index contributed by atoms with van der Waals surface area (Å²) >= 11 is 0. The number of ether oxygens (including phenoxy) is 1. The Balaban J connectivity index is 1.92. The minimum atomic E-state index is -1.40. The predicted octanol–water partition coefficient (Wildman–Crippen LogP) is 4.38. The Bertz CT molecular complexity index is 940. The standard InChI is InChI=1S/C23H31N3O3S/c1-21(2,3)29-20(27)26-11-9-23(10-12-26)14-17-8-7-16(15-24)13-18(17)19(23)25-30(28)22(4,5)6/h7-8,13H,9-12,14H2,1-6H3/t30-/m1/s1. The lowest BCUT2D eigenvalue weighted by molar-refractivity contribution is 0.0159. The molecule has 1 amide bonds. The highest BCUT2D eigenvalue weighted by Gasteiger charge is 2.47. The number of hydrogen-bond acceptors (Lipinski definition) is 4. The third-order valence-corrected chi connectivity index (χ3v) is 6.99. The van der Waals surface area contributed by atoms with Crippen molar-refractivity contribution < 1.29 is 13.7 Å². The van der Waals surface area contributed by atoms with Gasteiger partial charge in [0.15, 0.2) is 0 Å². The Morgan fingerprint density at radius 3 is 2.37 bits per heavy atom. The maximum Gasteiger partial charge on any atom is 0.410 e. The number of benzene rings is 1. The van der Waals surface area contributed by atoms with E-state index in [2.05, 4.69) is 6.07 Å². The van der Waals surface area contributed by atoms with Crippen LogP contribution in [0.5, 0.6) is 0 Å². The Kier molecular flexibility index (Phi) is 5.85. The van der Waals surface area contributed by atoms with Crippen LogP contribution in [-0.4, -0.2) is 44.4 Å². The topological polar surface area (TPSA) is 82.8 Å². The Morgan fingerprint density at radius 1 is 1.20 bits per heavy atom. The summed E-state index contributed by atoms with van der Waals surface area (Å²) in [5.74, 6) is 0. The number of fused-ring (bicyclic) bond motifs is 1. The van der Waals surface area contributed by atoms with E-state index in [4.69, 9.17) is 9.13 Å². The van der Waals surface area contributed by atoms with Gasteiger partial charge in [-0.25, -0.2) is 9.00 Å². The van der Waals surface area contributed by atoms with E-state index in [9.17, 15) is 14.3 Å². The fourth-order valence-electron chi connectivity index (χ4n) is 3.98. The van der Waals surface area contributed by atoms with Crippen molar-refractivity contribution >= 4 is 22.8 Å². The second kappa shape index (κ2) is 7.81. The minimum Gasteiger partial charge on any atom is -0.444 e. The molecule has 0 saturated carbocycles. The average molecular weight is 430 g/mol. The van der Waals surface area contributed by atoms with Crippen molar-refractivity contribution in [1.82, 2.24) is 4.90 Å². The highest BCUT2D eigenvalue weighted by atomic mass is 32.2. The number of carbonyl (C=O) groups is 1. The van der Waals surface area contributed by atoms with Crippen LogP contribution in [0.3, 0.4) is 0 Å².